The summed E-state index contributed by atoms with van der Waals surface area (Å²) in [6.07, 6.45) is 2.14. The summed E-state index contributed by atoms with van der Waals surface area (Å²) in [5, 5.41) is 11.7. The Bertz CT molecular complexity index is 699. The van der Waals surface area contributed by atoms with Gasteiger partial charge in [-0.15, -0.1) is 10.2 Å². The number of rotatable bonds is 6. The second kappa shape index (κ2) is 7.76. The largest absolute Gasteiger partial charge is 0.376 e. The molecule has 1 aromatic carbocycles. The number of carbonyl (C=O) groups excluding carboxylic acids is 1. The number of thioether (sulfide) groups is 1. The van der Waals surface area contributed by atoms with Crippen molar-refractivity contribution in [3.63, 3.8) is 0 Å². The van der Waals surface area contributed by atoms with Crippen molar-refractivity contribution in [2.75, 3.05) is 19.4 Å². The molecule has 0 bridgehead atoms. The minimum Gasteiger partial charge on any atom is -0.376 e. The second-order valence-corrected chi connectivity index (χ2v) is 6.46. The molecule has 8 heteroatoms. The van der Waals surface area contributed by atoms with Crippen molar-refractivity contribution >= 4 is 17.7 Å². The minimum atomic E-state index is -0.293. The molecule has 1 aromatic heterocycles. The highest BCUT2D eigenvalue weighted by Gasteiger charge is 2.22. The zero-order chi connectivity index (χ0) is 16.9. The van der Waals surface area contributed by atoms with Gasteiger partial charge in [0.1, 0.15) is 5.82 Å². The van der Waals surface area contributed by atoms with Gasteiger partial charge in [-0.3, -0.25) is 9.36 Å². The zero-order valence-corrected chi connectivity index (χ0v) is 14.2. The van der Waals surface area contributed by atoms with Gasteiger partial charge in [-0.1, -0.05) is 11.8 Å². The maximum atomic E-state index is 13.2. The van der Waals surface area contributed by atoms with Crippen molar-refractivity contribution in [2.45, 2.75) is 30.6 Å². The maximum Gasteiger partial charge on any atom is 0.230 e. The van der Waals surface area contributed by atoms with Gasteiger partial charge in [-0.25, -0.2) is 4.39 Å². The van der Waals surface area contributed by atoms with Gasteiger partial charge in [0.15, 0.2) is 11.0 Å². The van der Waals surface area contributed by atoms with E-state index in [1.165, 1.54) is 23.9 Å². The van der Waals surface area contributed by atoms with Gasteiger partial charge in [0.2, 0.25) is 5.91 Å². The number of hydrogen-bond acceptors (Lipinski definition) is 5. The fourth-order valence-electron chi connectivity index (χ4n) is 2.57. The molecule has 1 saturated heterocycles. The molecule has 6 nitrogen and oxygen atoms in total. The van der Waals surface area contributed by atoms with Crippen LogP contribution in [0.15, 0.2) is 29.4 Å². The quantitative estimate of drug-likeness (QED) is 0.808. The number of ether oxygens (including phenoxy) is 1. The Morgan fingerprint density at radius 3 is 2.88 bits per heavy atom. The van der Waals surface area contributed by atoms with Crippen molar-refractivity contribution in [3.8, 4) is 11.4 Å². The number of nitrogens with zero attached hydrogens (tertiary/aromatic N) is 3. The molecule has 1 aliphatic rings. The highest BCUT2D eigenvalue weighted by atomic mass is 32.2. The van der Waals surface area contributed by atoms with E-state index < -0.39 is 0 Å². The lowest BCUT2D eigenvalue weighted by molar-refractivity contribution is -0.118. The van der Waals surface area contributed by atoms with Gasteiger partial charge in [0.05, 0.1) is 18.4 Å². The number of hydrogen-bond donors (Lipinski definition) is 1. The summed E-state index contributed by atoms with van der Waals surface area (Å²) >= 11 is 1.33. The highest BCUT2D eigenvalue weighted by Crippen LogP contribution is 2.26. The fourth-order valence-corrected chi connectivity index (χ4v) is 3.39. The first kappa shape index (κ1) is 16.9. The summed E-state index contributed by atoms with van der Waals surface area (Å²) in [5.41, 5.74) is 0.786. The van der Waals surface area contributed by atoms with E-state index in [0.717, 1.165) is 25.0 Å². The second-order valence-electron chi connectivity index (χ2n) is 5.52. The van der Waals surface area contributed by atoms with Crippen LogP contribution in [0.2, 0.25) is 0 Å². The summed E-state index contributed by atoms with van der Waals surface area (Å²) in [4.78, 5) is 11.5. The van der Waals surface area contributed by atoms with Crippen molar-refractivity contribution < 1.29 is 13.9 Å². The maximum absolute atomic E-state index is 13.2. The number of halogens is 1. The summed E-state index contributed by atoms with van der Waals surface area (Å²) in [7, 11) is 1.60. The van der Waals surface area contributed by atoms with Gasteiger partial charge >= 0.3 is 0 Å². The van der Waals surface area contributed by atoms with E-state index >= 15 is 0 Å². The first-order valence-electron chi connectivity index (χ1n) is 7.81. The summed E-state index contributed by atoms with van der Waals surface area (Å²) in [6.45, 7) is 1.38. The zero-order valence-electron chi connectivity index (χ0n) is 13.4. The predicted octanol–water partition coefficient (Wildman–Crippen LogP) is 2.10. The lowest BCUT2D eigenvalue weighted by Crippen LogP contribution is -2.21. The molecule has 1 amide bonds. The summed E-state index contributed by atoms with van der Waals surface area (Å²) in [5.74, 6) is 0.557. The van der Waals surface area contributed by atoms with Crippen LogP contribution in [-0.4, -0.2) is 46.2 Å². The van der Waals surface area contributed by atoms with Crippen molar-refractivity contribution in [1.29, 1.82) is 0 Å². The molecular weight excluding hydrogens is 331 g/mol. The van der Waals surface area contributed by atoms with E-state index in [2.05, 4.69) is 15.5 Å². The molecule has 2 aromatic rings. The Labute approximate surface area is 143 Å². The molecule has 1 fully saturated rings. The van der Waals surface area contributed by atoms with Crippen LogP contribution < -0.4 is 5.32 Å². The molecule has 0 saturated carbocycles. The molecule has 0 radical (unpaired) electrons. The molecule has 1 N–H and O–H groups in total. The standard InChI is InChI=1S/C16H19FN4O2S/c1-18-14(22)10-24-16-20-19-15(11-4-6-12(17)7-5-11)21(16)9-13-3-2-8-23-13/h4-7,13H,2-3,8-10H2,1H3,(H,18,22)/t13-/m1/s1. The molecule has 1 aliphatic heterocycles. The molecule has 24 heavy (non-hydrogen) atoms. The average Bonchev–Trinajstić information content (AvgIpc) is 3.24. The number of nitrogens with one attached hydrogen (secondary N) is 1. The topological polar surface area (TPSA) is 69.0 Å². The van der Waals surface area contributed by atoms with E-state index in [1.807, 2.05) is 4.57 Å². The lowest BCUT2D eigenvalue weighted by atomic mass is 10.2. The first-order chi connectivity index (χ1) is 11.7. The number of aromatic nitrogens is 3. The number of amides is 1. The van der Waals surface area contributed by atoms with Crippen LogP contribution in [0.1, 0.15) is 12.8 Å². The third kappa shape index (κ3) is 3.93. The van der Waals surface area contributed by atoms with Gasteiger partial charge in [0.25, 0.3) is 0 Å². The molecule has 0 unspecified atom stereocenters. The van der Waals surface area contributed by atoms with E-state index in [9.17, 15) is 9.18 Å². The monoisotopic (exact) mass is 350 g/mol. The van der Waals surface area contributed by atoms with Gasteiger partial charge < -0.3 is 10.1 Å². The number of carbonyl (C=O) groups is 1. The van der Waals surface area contributed by atoms with Crippen LogP contribution in [-0.2, 0) is 16.1 Å². The third-order valence-electron chi connectivity index (χ3n) is 3.84. The smallest absolute Gasteiger partial charge is 0.230 e. The number of benzene rings is 1. The van der Waals surface area contributed by atoms with Gasteiger partial charge in [0, 0.05) is 19.2 Å². The fraction of sp³-hybridized carbons (Fsp3) is 0.438. The molecule has 0 aliphatic carbocycles. The van der Waals surface area contributed by atoms with Gasteiger partial charge in [-0.05, 0) is 37.1 Å². The van der Waals surface area contributed by atoms with E-state index in [-0.39, 0.29) is 23.6 Å². The highest BCUT2D eigenvalue weighted by molar-refractivity contribution is 7.99. The van der Waals surface area contributed by atoms with Crippen LogP contribution >= 0.6 is 11.8 Å². The Hall–Kier alpha value is -1.93. The minimum absolute atomic E-state index is 0.0741. The van der Waals surface area contributed by atoms with Crippen LogP contribution in [0.3, 0.4) is 0 Å². The molecule has 0 spiro atoms. The van der Waals surface area contributed by atoms with Crippen LogP contribution in [0.4, 0.5) is 4.39 Å². The van der Waals surface area contributed by atoms with E-state index in [1.54, 1.807) is 19.2 Å². The summed E-state index contributed by atoms with van der Waals surface area (Å²) in [6, 6.07) is 6.16. The van der Waals surface area contributed by atoms with E-state index in [4.69, 9.17) is 4.74 Å². The van der Waals surface area contributed by atoms with Crippen molar-refractivity contribution in [1.82, 2.24) is 20.1 Å². The summed E-state index contributed by atoms with van der Waals surface area (Å²) < 4.78 is 20.8. The first-order valence-corrected chi connectivity index (χ1v) is 8.80. The average molecular weight is 350 g/mol. The Morgan fingerprint density at radius 2 is 2.21 bits per heavy atom. The van der Waals surface area contributed by atoms with Crippen LogP contribution in [0, 0.1) is 5.82 Å². The van der Waals surface area contributed by atoms with Crippen LogP contribution in [0.25, 0.3) is 11.4 Å². The van der Waals surface area contributed by atoms with Gasteiger partial charge in [-0.2, -0.15) is 0 Å². The van der Waals surface area contributed by atoms with E-state index in [0.29, 0.717) is 17.5 Å². The van der Waals surface area contributed by atoms with Crippen molar-refractivity contribution in [3.05, 3.63) is 30.1 Å². The molecule has 1 atom stereocenters. The Kier molecular flexibility index (Phi) is 5.47. The lowest BCUT2D eigenvalue weighted by Gasteiger charge is -2.14. The molecule has 3 rings (SSSR count). The Balaban J connectivity index is 1.87. The Morgan fingerprint density at radius 1 is 1.42 bits per heavy atom. The molecular formula is C16H19FN4O2S. The van der Waals surface area contributed by atoms with Crippen LogP contribution in [0.5, 0.6) is 0 Å². The molecule has 128 valence electrons. The SMILES string of the molecule is CNC(=O)CSc1nnc(-c2ccc(F)cc2)n1C[C@H]1CCCO1. The van der Waals surface area contributed by atoms with Crippen molar-refractivity contribution in [2.24, 2.45) is 0 Å². The molecule has 2 heterocycles. The third-order valence-corrected chi connectivity index (χ3v) is 4.81. The predicted molar refractivity (Wildman–Crippen MR) is 89.2 cm³/mol. The normalized spacial score (nSPS) is 17.2.